The number of carbonyl (C=O) groups is 1. The van der Waals surface area contributed by atoms with E-state index < -0.39 is 18.2 Å². The Kier molecular flexibility index (Phi) is 47.5. The zero-order valence-electron chi connectivity index (χ0n) is 39.2. The van der Waals surface area contributed by atoms with Crippen LogP contribution in [0.3, 0.4) is 0 Å². The van der Waals surface area contributed by atoms with Crippen molar-refractivity contribution in [3.63, 3.8) is 0 Å². The molecule has 0 saturated carbocycles. The van der Waals surface area contributed by atoms with Crippen LogP contribution < -0.4 is 5.32 Å². The predicted octanol–water partition coefficient (Wildman–Crippen LogP) is 15.7. The van der Waals surface area contributed by atoms with Gasteiger partial charge in [0.15, 0.2) is 0 Å². The number of allylic oxidation sites excluding steroid dienone is 3. The SMILES string of the molecule is CCCCCCCCCCCCCC/C=C\CCCCCCCCCCCCCCCC(O)CC(=O)NC(CO)C(O)/C=C/CCCCCCCCCCCCCC. The highest BCUT2D eigenvalue weighted by molar-refractivity contribution is 5.76. The Morgan fingerprint density at radius 3 is 1.05 bits per heavy atom. The van der Waals surface area contributed by atoms with E-state index in [1.54, 1.807) is 6.08 Å². The maximum atomic E-state index is 12.5. The molecule has 0 aliphatic heterocycles. The van der Waals surface area contributed by atoms with Gasteiger partial charge < -0.3 is 20.6 Å². The molecule has 0 aliphatic rings. The lowest BCUT2D eigenvalue weighted by Crippen LogP contribution is -2.45. The van der Waals surface area contributed by atoms with Crippen LogP contribution in [-0.2, 0) is 4.79 Å². The van der Waals surface area contributed by atoms with Crippen molar-refractivity contribution >= 4 is 5.91 Å². The van der Waals surface area contributed by atoms with Crippen molar-refractivity contribution in [2.45, 2.75) is 302 Å². The van der Waals surface area contributed by atoms with Gasteiger partial charge in [0.1, 0.15) is 0 Å². The molecule has 0 aromatic rings. The first-order valence-electron chi connectivity index (χ1n) is 26.1. The van der Waals surface area contributed by atoms with Crippen LogP contribution in [0.1, 0.15) is 284 Å². The van der Waals surface area contributed by atoms with Crippen molar-refractivity contribution in [2.75, 3.05) is 6.61 Å². The number of rotatable bonds is 48. The number of carbonyl (C=O) groups excluding carboxylic acids is 1. The molecule has 0 heterocycles. The van der Waals surface area contributed by atoms with Gasteiger partial charge in [-0.05, 0) is 44.9 Å². The molecule has 4 N–H and O–H groups in total. The molecule has 0 aromatic carbocycles. The molecule has 0 bridgehead atoms. The summed E-state index contributed by atoms with van der Waals surface area (Å²) in [5.74, 6) is -0.312. The zero-order valence-corrected chi connectivity index (χ0v) is 39.2. The van der Waals surface area contributed by atoms with Gasteiger partial charge in [0.25, 0.3) is 0 Å². The molecule has 0 saturated heterocycles. The largest absolute Gasteiger partial charge is 0.394 e. The van der Waals surface area contributed by atoms with Gasteiger partial charge in [-0.3, -0.25) is 4.79 Å². The van der Waals surface area contributed by atoms with Crippen LogP contribution in [0.5, 0.6) is 0 Å². The van der Waals surface area contributed by atoms with Crippen LogP contribution in [0, 0.1) is 0 Å². The minimum atomic E-state index is -0.926. The first kappa shape index (κ1) is 56.8. The van der Waals surface area contributed by atoms with Gasteiger partial charge in [-0.1, -0.05) is 256 Å². The van der Waals surface area contributed by atoms with E-state index in [0.29, 0.717) is 6.42 Å². The second kappa shape index (κ2) is 48.5. The van der Waals surface area contributed by atoms with E-state index in [-0.39, 0.29) is 18.9 Å². The monoisotopic (exact) mass is 818 g/mol. The predicted molar refractivity (Wildman–Crippen MR) is 255 cm³/mol. The Balaban J connectivity index is 3.53. The summed E-state index contributed by atoms with van der Waals surface area (Å²) < 4.78 is 0. The second-order valence-electron chi connectivity index (χ2n) is 18.1. The number of amides is 1. The Labute approximate surface area is 362 Å². The Bertz CT molecular complexity index is 859. The van der Waals surface area contributed by atoms with E-state index in [4.69, 9.17) is 0 Å². The van der Waals surface area contributed by atoms with E-state index in [9.17, 15) is 20.1 Å². The van der Waals surface area contributed by atoms with Gasteiger partial charge >= 0.3 is 0 Å². The van der Waals surface area contributed by atoms with Crippen molar-refractivity contribution in [3.05, 3.63) is 24.3 Å². The molecule has 0 aromatic heterocycles. The van der Waals surface area contributed by atoms with E-state index in [2.05, 4.69) is 31.3 Å². The molecule has 58 heavy (non-hydrogen) atoms. The van der Waals surface area contributed by atoms with Gasteiger partial charge in [-0.15, -0.1) is 0 Å². The van der Waals surface area contributed by atoms with Crippen LogP contribution in [0.4, 0.5) is 0 Å². The summed E-state index contributed by atoms with van der Waals surface area (Å²) in [6, 6.07) is -0.742. The van der Waals surface area contributed by atoms with Crippen molar-refractivity contribution in [1.82, 2.24) is 5.32 Å². The molecular weight excluding hydrogens is 715 g/mol. The van der Waals surface area contributed by atoms with Gasteiger partial charge in [0.2, 0.25) is 5.91 Å². The summed E-state index contributed by atoms with van der Waals surface area (Å²) in [6.45, 7) is 4.23. The maximum absolute atomic E-state index is 12.5. The molecule has 0 radical (unpaired) electrons. The van der Waals surface area contributed by atoms with Crippen LogP contribution in [0.2, 0.25) is 0 Å². The minimum absolute atomic E-state index is 0.0162. The van der Waals surface area contributed by atoms with Gasteiger partial charge in [0, 0.05) is 0 Å². The average molecular weight is 818 g/mol. The van der Waals surface area contributed by atoms with E-state index in [0.717, 1.165) is 25.7 Å². The summed E-state index contributed by atoms with van der Waals surface area (Å²) in [5.41, 5.74) is 0. The zero-order chi connectivity index (χ0) is 42.3. The standard InChI is InChI=1S/C53H103NO4/c1-3-5-7-9-11-13-15-17-19-20-21-22-23-24-25-26-27-28-29-30-31-32-33-34-36-38-40-42-44-46-50(56)48-53(58)54-51(49-55)52(57)47-45-43-41-39-37-35-18-16-14-12-10-8-6-4-2/h24-25,45,47,50-52,55-57H,3-23,26-44,46,48-49H2,1-2H3,(H,54,58)/b25-24-,47-45+. The highest BCUT2D eigenvalue weighted by atomic mass is 16.3. The van der Waals surface area contributed by atoms with E-state index in [1.165, 1.54) is 231 Å². The summed E-state index contributed by atoms with van der Waals surface area (Å²) in [6.07, 6.45) is 60.7. The first-order chi connectivity index (χ1) is 28.5. The molecule has 5 nitrogen and oxygen atoms in total. The Morgan fingerprint density at radius 1 is 0.431 bits per heavy atom. The molecule has 1 amide bonds. The number of hydrogen-bond donors (Lipinski definition) is 4. The van der Waals surface area contributed by atoms with Crippen molar-refractivity contribution in [1.29, 1.82) is 0 Å². The third-order valence-corrected chi connectivity index (χ3v) is 12.2. The molecule has 0 spiro atoms. The van der Waals surface area contributed by atoms with Crippen molar-refractivity contribution in [3.8, 4) is 0 Å². The summed E-state index contributed by atoms with van der Waals surface area (Å²) >= 11 is 0. The fraction of sp³-hybridized carbons (Fsp3) is 0.906. The third kappa shape index (κ3) is 44.4. The summed E-state index contributed by atoms with van der Waals surface area (Å²) in [4.78, 5) is 12.5. The molecular formula is C53H103NO4. The van der Waals surface area contributed by atoms with Gasteiger partial charge in [-0.25, -0.2) is 0 Å². The smallest absolute Gasteiger partial charge is 0.222 e. The quantitative estimate of drug-likeness (QED) is 0.0364. The number of aliphatic hydroxyl groups excluding tert-OH is 3. The highest BCUT2D eigenvalue weighted by Gasteiger charge is 2.20. The maximum Gasteiger partial charge on any atom is 0.222 e. The second-order valence-corrected chi connectivity index (χ2v) is 18.1. The number of unbranched alkanes of at least 4 members (excludes halogenated alkanes) is 37. The van der Waals surface area contributed by atoms with Crippen LogP contribution in [0.15, 0.2) is 24.3 Å². The summed E-state index contributed by atoms with van der Waals surface area (Å²) in [7, 11) is 0. The number of hydrogen-bond acceptors (Lipinski definition) is 4. The average Bonchev–Trinajstić information content (AvgIpc) is 3.22. The van der Waals surface area contributed by atoms with Gasteiger partial charge in [-0.2, -0.15) is 0 Å². The number of aliphatic hydroxyl groups is 3. The van der Waals surface area contributed by atoms with Crippen LogP contribution in [0.25, 0.3) is 0 Å². The normalized spacial score (nSPS) is 13.5. The van der Waals surface area contributed by atoms with E-state index in [1.807, 2.05) is 6.08 Å². The summed E-state index contributed by atoms with van der Waals surface area (Å²) in [5, 5.41) is 33.3. The van der Waals surface area contributed by atoms with Gasteiger partial charge in [0.05, 0.1) is 31.3 Å². The van der Waals surface area contributed by atoms with Crippen LogP contribution >= 0.6 is 0 Å². The molecule has 0 rings (SSSR count). The fourth-order valence-corrected chi connectivity index (χ4v) is 8.22. The highest BCUT2D eigenvalue weighted by Crippen LogP contribution is 2.17. The molecule has 3 unspecified atom stereocenters. The fourth-order valence-electron chi connectivity index (χ4n) is 8.22. The van der Waals surface area contributed by atoms with E-state index >= 15 is 0 Å². The molecule has 3 atom stereocenters. The molecule has 344 valence electrons. The molecule has 5 heteroatoms. The first-order valence-corrected chi connectivity index (χ1v) is 26.1. The lowest BCUT2D eigenvalue weighted by molar-refractivity contribution is -0.124. The third-order valence-electron chi connectivity index (χ3n) is 12.2. The minimum Gasteiger partial charge on any atom is -0.394 e. The topological polar surface area (TPSA) is 89.8 Å². The number of nitrogens with one attached hydrogen (secondary N) is 1. The lowest BCUT2D eigenvalue weighted by atomic mass is 10.0. The van der Waals surface area contributed by atoms with Crippen LogP contribution in [-0.4, -0.2) is 46.1 Å². The van der Waals surface area contributed by atoms with Crippen molar-refractivity contribution < 1.29 is 20.1 Å². The molecule has 0 aliphatic carbocycles. The van der Waals surface area contributed by atoms with Crippen molar-refractivity contribution in [2.24, 2.45) is 0 Å². The lowest BCUT2D eigenvalue weighted by Gasteiger charge is -2.21. The Hall–Kier alpha value is -1.17. The Morgan fingerprint density at radius 2 is 0.724 bits per heavy atom. The molecule has 0 fully saturated rings.